The number of aliphatic carboxylic acids is 1. The Morgan fingerprint density at radius 3 is 2.95 bits per heavy atom. The van der Waals surface area contributed by atoms with Crippen LogP contribution in [0, 0.1) is 0 Å². The van der Waals surface area contributed by atoms with Crippen LogP contribution in [0.5, 0.6) is 0 Å². The van der Waals surface area contributed by atoms with Crippen molar-refractivity contribution in [3.63, 3.8) is 0 Å². The highest BCUT2D eigenvalue weighted by atomic mass is 16.4. The molecular weight excluding hydrogens is 246 g/mol. The average Bonchev–Trinajstić information content (AvgIpc) is 2.76. The van der Waals surface area contributed by atoms with Crippen molar-refractivity contribution in [3.05, 3.63) is 22.7 Å². The summed E-state index contributed by atoms with van der Waals surface area (Å²) in [4.78, 5) is 29.2. The number of hydrogen-bond acceptors (Lipinski definition) is 4. The number of rotatable bonds is 4. The van der Waals surface area contributed by atoms with E-state index >= 15 is 0 Å². The van der Waals surface area contributed by atoms with Gasteiger partial charge in [0.15, 0.2) is 5.82 Å². The molecule has 0 aliphatic carbocycles. The van der Waals surface area contributed by atoms with Gasteiger partial charge >= 0.3 is 5.97 Å². The average molecular weight is 265 g/mol. The summed E-state index contributed by atoms with van der Waals surface area (Å²) in [5, 5.41) is 8.92. The minimum absolute atomic E-state index is 0.0533. The van der Waals surface area contributed by atoms with Crippen molar-refractivity contribution in [2.75, 3.05) is 11.4 Å². The lowest BCUT2D eigenvalue weighted by atomic mass is 10.1. The van der Waals surface area contributed by atoms with E-state index in [0.29, 0.717) is 12.4 Å². The van der Waals surface area contributed by atoms with Crippen LogP contribution in [0.2, 0.25) is 0 Å². The predicted molar refractivity (Wildman–Crippen MR) is 71.5 cm³/mol. The zero-order valence-corrected chi connectivity index (χ0v) is 11.2. The summed E-state index contributed by atoms with van der Waals surface area (Å²) in [6, 6.07) is -0.0597. The Balaban J connectivity index is 2.33. The van der Waals surface area contributed by atoms with Gasteiger partial charge in [-0.25, -0.2) is 4.98 Å². The van der Waals surface area contributed by atoms with Gasteiger partial charge in [-0.15, -0.1) is 0 Å². The molecular formula is C13H19N3O3. The Labute approximate surface area is 111 Å². The molecule has 1 aliphatic rings. The maximum Gasteiger partial charge on any atom is 0.305 e. The zero-order chi connectivity index (χ0) is 14.0. The lowest BCUT2D eigenvalue weighted by Gasteiger charge is -2.24. The molecule has 6 heteroatoms. The Bertz CT molecular complexity index is 524. The molecule has 6 nitrogen and oxygen atoms in total. The summed E-state index contributed by atoms with van der Waals surface area (Å²) < 4.78 is 1.62. The first-order chi connectivity index (χ1) is 9.00. The number of nitrogens with zero attached hydrogens (tertiary/aromatic N) is 3. The Kier molecular flexibility index (Phi) is 3.87. The highest BCUT2D eigenvalue weighted by molar-refractivity contribution is 5.68. The fourth-order valence-electron chi connectivity index (χ4n) is 2.55. The van der Waals surface area contributed by atoms with E-state index in [2.05, 4.69) is 4.98 Å². The summed E-state index contributed by atoms with van der Waals surface area (Å²) in [6.07, 6.45) is 5.02. The topological polar surface area (TPSA) is 75.4 Å². The molecule has 1 unspecified atom stereocenters. The lowest BCUT2D eigenvalue weighted by molar-refractivity contribution is -0.137. The fourth-order valence-corrected chi connectivity index (χ4v) is 2.55. The number of carboxylic acids is 1. The van der Waals surface area contributed by atoms with Crippen LogP contribution >= 0.6 is 0 Å². The molecule has 2 rings (SSSR count). The van der Waals surface area contributed by atoms with Crippen LogP contribution in [0.25, 0.3) is 0 Å². The Morgan fingerprint density at radius 1 is 1.58 bits per heavy atom. The van der Waals surface area contributed by atoms with Crippen LogP contribution in [0.1, 0.15) is 39.2 Å². The van der Waals surface area contributed by atoms with Gasteiger partial charge < -0.3 is 14.6 Å². The number of hydrogen-bond donors (Lipinski definition) is 1. The lowest BCUT2D eigenvalue weighted by Crippen LogP contribution is -2.38. The molecule has 0 saturated carbocycles. The third-order valence-electron chi connectivity index (χ3n) is 3.47. The molecule has 19 heavy (non-hydrogen) atoms. The second kappa shape index (κ2) is 5.42. The van der Waals surface area contributed by atoms with E-state index < -0.39 is 5.97 Å². The van der Waals surface area contributed by atoms with Crippen LogP contribution in [-0.4, -0.2) is 33.2 Å². The monoisotopic (exact) mass is 265 g/mol. The van der Waals surface area contributed by atoms with Crippen molar-refractivity contribution in [3.8, 4) is 0 Å². The molecule has 2 heterocycles. The molecule has 0 amide bonds. The van der Waals surface area contributed by atoms with Gasteiger partial charge in [0, 0.05) is 31.0 Å². The Hall–Kier alpha value is -1.85. The highest BCUT2D eigenvalue weighted by Gasteiger charge is 2.29. The van der Waals surface area contributed by atoms with Crippen molar-refractivity contribution in [1.29, 1.82) is 0 Å². The van der Waals surface area contributed by atoms with Crippen LogP contribution in [-0.2, 0) is 4.79 Å². The van der Waals surface area contributed by atoms with Crippen LogP contribution in [0.15, 0.2) is 17.2 Å². The largest absolute Gasteiger partial charge is 0.481 e. The zero-order valence-electron chi connectivity index (χ0n) is 11.2. The second-order valence-corrected chi connectivity index (χ2v) is 5.14. The minimum atomic E-state index is -0.836. The van der Waals surface area contributed by atoms with Gasteiger partial charge in [-0.3, -0.25) is 9.59 Å². The normalized spacial score (nSPS) is 19.1. The molecule has 1 aromatic rings. The van der Waals surface area contributed by atoms with Crippen LogP contribution in [0.4, 0.5) is 5.82 Å². The van der Waals surface area contributed by atoms with Gasteiger partial charge in [-0.2, -0.15) is 0 Å². The smallest absolute Gasteiger partial charge is 0.305 e. The molecule has 1 atom stereocenters. The van der Waals surface area contributed by atoms with E-state index in [1.54, 1.807) is 17.0 Å². The van der Waals surface area contributed by atoms with Gasteiger partial charge in [0.2, 0.25) is 0 Å². The Morgan fingerprint density at radius 2 is 2.32 bits per heavy atom. The van der Waals surface area contributed by atoms with Gasteiger partial charge in [0.1, 0.15) is 0 Å². The summed E-state index contributed by atoms with van der Waals surface area (Å²) in [5.41, 5.74) is -0.144. The molecule has 1 fully saturated rings. The van der Waals surface area contributed by atoms with Crippen LogP contribution in [0.3, 0.4) is 0 Å². The van der Waals surface area contributed by atoms with Crippen LogP contribution < -0.4 is 10.5 Å². The first-order valence-electron chi connectivity index (χ1n) is 6.56. The molecule has 1 aliphatic heterocycles. The molecule has 1 N–H and O–H groups in total. The number of carboxylic acid groups (broad SMARTS) is 1. The molecule has 1 aromatic heterocycles. The molecule has 0 spiro atoms. The van der Waals surface area contributed by atoms with E-state index in [1.807, 2.05) is 18.7 Å². The van der Waals surface area contributed by atoms with Gasteiger partial charge in [-0.1, -0.05) is 0 Å². The van der Waals surface area contributed by atoms with E-state index in [4.69, 9.17) is 5.11 Å². The standard InChI is InChI=1S/C13H19N3O3/c1-9(2)15-7-5-14-12(13(15)19)16-6-3-4-10(16)8-11(17)18/h5,7,9-10H,3-4,6,8H2,1-2H3,(H,17,18). The van der Waals surface area contributed by atoms with E-state index in [-0.39, 0.29) is 24.1 Å². The summed E-state index contributed by atoms with van der Waals surface area (Å²) in [5.74, 6) is -0.461. The maximum atomic E-state index is 12.3. The van der Waals surface area contributed by atoms with Crippen molar-refractivity contribution in [2.24, 2.45) is 0 Å². The molecule has 0 bridgehead atoms. The first kappa shape index (κ1) is 13.6. The van der Waals surface area contributed by atoms with E-state index in [1.165, 1.54) is 0 Å². The predicted octanol–water partition coefficient (Wildman–Crippen LogP) is 1.27. The number of carbonyl (C=O) groups is 1. The van der Waals surface area contributed by atoms with E-state index in [9.17, 15) is 9.59 Å². The van der Waals surface area contributed by atoms with Gasteiger partial charge in [0.25, 0.3) is 5.56 Å². The maximum absolute atomic E-state index is 12.3. The summed E-state index contributed by atoms with van der Waals surface area (Å²) in [6.45, 7) is 4.57. The quantitative estimate of drug-likeness (QED) is 0.887. The van der Waals surface area contributed by atoms with Gasteiger partial charge in [0.05, 0.1) is 6.42 Å². The SMILES string of the molecule is CC(C)n1ccnc(N2CCCC2CC(=O)O)c1=O. The molecule has 1 saturated heterocycles. The van der Waals surface area contributed by atoms with Crippen molar-refractivity contribution < 1.29 is 9.90 Å². The van der Waals surface area contributed by atoms with Gasteiger partial charge in [-0.05, 0) is 26.7 Å². The molecule has 0 radical (unpaired) electrons. The molecule has 0 aromatic carbocycles. The van der Waals surface area contributed by atoms with Crippen molar-refractivity contribution in [2.45, 2.75) is 45.2 Å². The van der Waals surface area contributed by atoms with E-state index in [0.717, 1.165) is 12.8 Å². The number of anilines is 1. The third kappa shape index (κ3) is 2.77. The fraction of sp³-hybridized carbons (Fsp3) is 0.615. The minimum Gasteiger partial charge on any atom is -0.481 e. The molecule has 104 valence electrons. The second-order valence-electron chi connectivity index (χ2n) is 5.14. The van der Waals surface area contributed by atoms with Crippen molar-refractivity contribution in [1.82, 2.24) is 9.55 Å². The summed E-state index contributed by atoms with van der Waals surface area (Å²) in [7, 11) is 0. The summed E-state index contributed by atoms with van der Waals surface area (Å²) >= 11 is 0. The van der Waals surface area contributed by atoms with Crippen molar-refractivity contribution >= 4 is 11.8 Å². The highest BCUT2D eigenvalue weighted by Crippen LogP contribution is 2.23. The third-order valence-corrected chi connectivity index (χ3v) is 3.47. The first-order valence-corrected chi connectivity index (χ1v) is 6.56. The number of aromatic nitrogens is 2.